The number of hydrogen-bond donors (Lipinski definition) is 1. The molecule has 1 heterocycles. The zero-order valence-corrected chi connectivity index (χ0v) is 16.2. The van der Waals surface area contributed by atoms with Crippen molar-refractivity contribution in [1.29, 1.82) is 0 Å². The molecule has 1 aliphatic heterocycles. The molecule has 0 aliphatic carbocycles. The van der Waals surface area contributed by atoms with E-state index in [0.717, 1.165) is 26.4 Å². The van der Waals surface area contributed by atoms with E-state index in [1.165, 1.54) is 90.3 Å². The van der Waals surface area contributed by atoms with Crippen molar-refractivity contribution in [3.8, 4) is 0 Å². The highest BCUT2D eigenvalue weighted by atomic mass is 35.5. The molecule has 0 aromatic heterocycles. The standard InChI is InChI=1S/C19H39NO2.ClH/c1-2-3-4-5-6-7-8-12-16-21-18-19-22-17-15-20-13-10-9-11-14-20;/h2-19H2,1H3;1H. The van der Waals surface area contributed by atoms with Gasteiger partial charge in [0, 0.05) is 6.61 Å². The van der Waals surface area contributed by atoms with Gasteiger partial charge in [0.1, 0.15) is 6.54 Å². The zero-order chi connectivity index (χ0) is 15.7. The van der Waals surface area contributed by atoms with Crippen LogP contribution in [0.3, 0.4) is 0 Å². The van der Waals surface area contributed by atoms with Crippen LogP contribution in [-0.4, -0.2) is 46.1 Å². The normalized spacial score (nSPS) is 15.5. The van der Waals surface area contributed by atoms with Crippen LogP contribution >= 0.6 is 0 Å². The second-order valence-corrected chi connectivity index (χ2v) is 6.76. The highest BCUT2D eigenvalue weighted by Gasteiger charge is 2.12. The van der Waals surface area contributed by atoms with Crippen molar-refractivity contribution in [3.63, 3.8) is 0 Å². The van der Waals surface area contributed by atoms with Gasteiger partial charge in [0.2, 0.25) is 0 Å². The van der Waals surface area contributed by atoms with Gasteiger partial charge in [-0.15, -0.1) is 0 Å². The summed E-state index contributed by atoms with van der Waals surface area (Å²) < 4.78 is 11.3. The molecule has 0 amide bonds. The number of hydrogen-bond acceptors (Lipinski definition) is 2. The van der Waals surface area contributed by atoms with Gasteiger partial charge in [-0.2, -0.15) is 0 Å². The molecule has 140 valence electrons. The molecule has 1 fully saturated rings. The first-order valence-electron chi connectivity index (χ1n) is 9.92. The van der Waals surface area contributed by atoms with Crippen LogP contribution in [0, 0.1) is 0 Å². The largest absolute Gasteiger partial charge is 1.00 e. The summed E-state index contributed by atoms with van der Waals surface area (Å²) in [5, 5.41) is 0. The molecule has 0 atom stereocenters. The predicted octanol–water partition coefficient (Wildman–Crippen LogP) is 0.233. The van der Waals surface area contributed by atoms with Crippen LogP contribution in [0.2, 0.25) is 0 Å². The summed E-state index contributed by atoms with van der Waals surface area (Å²) in [4.78, 5) is 1.73. The molecule has 0 saturated carbocycles. The second kappa shape index (κ2) is 18.5. The number of piperidine rings is 1. The Labute approximate surface area is 150 Å². The van der Waals surface area contributed by atoms with Gasteiger partial charge in [-0.1, -0.05) is 51.9 Å². The van der Waals surface area contributed by atoms with Crippen molar-refractivity contribution in [2.75, 3.05) is 46.1 Å². The van der Waals surface area contributed by atoms with Crippen LogP contribution in [-0.2, 0) is 9.47 Å². The molecule has 23 heavy (non-hydrogen) atoms. The number of nitrogens with one attached hydrogen (secondary N) is 1. The lowest BCUT2D eigenvalue weighted by Crippen LogP contribution is -3.13. The molecular formula is C19H40ClNO2. The number of rotatable bonds is 15. The lowest BCUT2D eigenvalue weighted by molar-refractivity contribution is -0.905. The van der Waals surface area contributed by atoms with E-state index in [0.29, 0.717) is 0 Å². The molecule has 0 spiro atoms. The maximum atomic E-state index is 5.67. The molecular weight excluding hydrogens is 310 g/mol. The van der Waals surface area contributed by atoms with E-state index in [9.17, 15) is 0 Å². The van der Waals surface area contributed by atoms with E-state index in [2.05, 4.69) is 6.92 Å². The van der Waals surface area contributed by atoms with Crippen molar-refractivity contribution in [3.05, 3.63) is 0 Å². The fraction of sp³-hybridized carbons (Fsp3) is 1.00. The summed E-state index contributed by atoms with van der Waals surface area (Å²) in [7, 11) is 0. The molecule has 0 bridgehead atoms. The molecule has 0 aromatic carbocycles. The highest BCUT2D eigenvalue weighted by molar-refractivity contribution is 4.47. The Morgan fingerprint density at radius 2 is 1.22 bits per heavy atom. The van der Waals surface area contributed by atoms with Crippen LogP contribution in [0.1, 0.15) is 77.6 Å². The highest BCUT2D eigenvalue weighted by Crippen LogP contribution is 2.08. The van der Waals surface area contributed by atoms with Crippen molar-refractivity contribution >= 4 is 0 Å². The molecule has 3 nitrogen and oxygen atoms in total. The SMILES string of the molecule is CCCCCCCCCCOCCOCC[NH+]1CCCCC1.[Cl-]. The number of halogens is 1. The van der Waals surface area contributed by atoms with E-state index in [1.807, 2.05) is 0 Å². The number of quaternary nitrogens is 1. The van der Waals surface area contributed by atoms with Gasteiger partial charge in [0.25, 0.3) is 0 Å². The molecule has 1 N–H and O–H groups in total. The van der Waals surface area contributed by atoms with Crippen LogP contribution in [0.5, 0.6) is 0 Å². The van der Waals surface area contributed by atoms with Crippen LogP contribution < -0.4 is 17.3 Å². The number of ether oxygens (including phenoxy) is 2. The Bertz CT molecular complexity index is 223. The van der Waals surface area contributed by atoms with Crippen LogP contribution in [0.25, 0.3) is 0 Å². The monoisotopic (exact) mass is 349 g/mol. The Balaban J connectivity index is 0.00000484. The zero-order valence-electron chi connectivity index (χ0n) is 15.4. The third-order valence-electron chi connectivity index (χ3n) is 4.67. The Morgan fingerprint density at radius 3 is 1.87 bits per heavy atom. The minimum absolute atomic E-state index is 0. The molecule has 4 heteroatoms. The molecule has 0 aromatic rings. The molecule has 1 rings (SSSR count). The Hall–Kier alpha value is 0.170. The maximum absolute atomic E-state index is 5.67. The van der Waals surface area contributed by atoms with Gasteiger partial charge in [0.15, 0.2) is 0 Å². The summed E-state index contributed by atoms with van der Waals surface area (Å²) in [5.74, 6) is 0. The van der Waals surface area contributed by atoms with Crippen molar-refractivity contribution in [2.24, 2.45) is 0 Å². The fourth-order valence-corrected chi connectivity index (χ4v) is 3.18. The summed E-state index contributed by atoms with van der Waals surface area (Å²) in [6.07, 6.45) is 15.1. The third-order valence-corrected chi connectivity index (χ3v) is 4.67. The lowest BCUT2D eigenvalue weighted by Gasteiger charge is -2.23. The second-order valence-electron chi connectivity index (χ2n) is 6.76. The van der Waals surface area contributed by atoms with Crippen molar-refractivity contribution in [2.45, 2.75) is 77.6 Å². The Morgan fingerprint density at radius 1 is 0.652 bits per heavy atom. The third kappa shape index (κ3) is 15.4. The van der Waals surface area contributed by atoms with E-state index < -0.39 is 0 Å². The summed E-state index contributed by atoms with van der Waals surface area (Å²) in [6, 6.07) is 0. The van der Waals surface area contributed by atoms with Gasteiger partial charge in [-0.3, -0.25) is 0 Å². The van der Waals surface area contributed by atoms with Crippen molar-refractivity contribution in [1.82, 2.24) is 0 Å². The number of unbranched alkanes of at least 4 members (excludes halogenated alkanes) is 7. The number of likely N-dealkylation sites (tertiary alicyclic amines) is 1. The van der Waals surface area contributed by atoms with Gasteiger partial charge in [-0.05, 0) is 25.7 Å². The quantitative estimate of drug-likeness (QED) is 0.428. The predicted molar refractivity (Wildman–Crippen MR) is 93.7 cm³/mol. The first-order chi connectivity index (χ1) is 10.9. The van der Waals surface area contributed by atoms with E-state index in [-0.39, 0.29) is 12.4 Å². The van der Waals surface area contributed by atoms with Gasteiger partial charge >= 0.3 is 0 Å². The molecule has 0 radical (unpaired) electrons. The summed E-state index contributed by atoms with van der Waals surface area (Å²) in [5.41, 5.74) is 0. The summed E-state index contributed by atoms with van der Waals surface area (Å²) in [6.45, 7) is 9.49. The van der Waals surface area contributed by atoms with E-state index in [1.54, 1.807) is 4.90 Å². The molecule has 1 saturated heterocycles. The smallest absolute Gasteiger partial charge is 0.101 e. The average Bonchev–Trinajstić information content (AvgIpc) is 2.56. The van der Waals surface area contributed by atoms with Crippen LogP contribution in [0.15, 0.2) is 0 Å². The minimum Gasteiger partial charge on any atom is -1.00 e. The fourth-order valence-electron chi connectivity index (χ4n) is 3.18. The van der Waals surface area contributed by atoms with Gasteiger partial charge < -0.3 is 26.8 Å². The Kier molecular flexibility index (Phi) is 18.6. The average molecular weight is 350 g/mol. The van der Waals surface area contributed by atoms with Gasteiger partial charge in [0.05, 0.1) is 32.9 Å². The van der Waals surface area contributed by atoms with Gasteiger partial charge in [-0.25, -0.2) is 0 Å². The van der Waals surface area contributed by atoms with E-state index in [4.69, 9.17) is 9.47 Å². The first-order valence-corrected chi connectivity index (χ1v) is 9.92. The molecule has 1 aliphatic rings. The molecule has 0 unspecified atom stereocenters. The van der Waals surface area contributed by atoms with Crippen molar-refractivity contribution < 1.29 is 26.8 Å². The lowest BCUT2D eigenvalue weighted by atomic mass is 10.1. The first kappa shape index (κ1) is 23.2. The van der Waals surface area contributed by atoms with Crippen LogP contribution in [0.4, 0.5) is 0 Å². The topological polar surface area (TPSA) is 22.9 Å². The maximum Gasteiger partial charge on any atom is 0.101 e. The van der Waals surface area contributed by atoms with E-state index >= 15 is 0 Å². The minimum atomic E-state index is 0. The summed E-state index contributed by atoms with van der Waals surface area (Å²) >= 11 is 0.